The van der Waals surface area contributed by atoms with Crippen LogP contribution in [0.15, 0.2) is 48.7 Å². The second-order valence-electron chi connectivity index (χ2n) is 11.2. The molecule has 4 nitrogen and oxygen atoms in total. The van der Waals surface area contributed by atoms with Gasteiger partial charge >= 0.3 is 5.97 Å². The van der Waals surface area contributed by atoms with Gasteiger partial charge in [-0.1, -0.05) is 71.9 Å². The zero-order chi connectivity index (χ0) is 24.0. The molecule has 1 aliphatic carbocycles. The molecule has 0 radical (unpaired) electrons. The Morgan fingerprint density at radius 1 is 1.06 bits per heavy atom. The van der Waals surface area contributed by atoms with E-state index in [-0.39, 0.29) is 28.8 Å². The third-order valence-corrected chi connectivity index (χ3v) is 7.50. The minimum atomic E-state index is -0.371. The summed E-state index contributed by atoms with van der Waals surface area (Å²) in [5.41, 5.74) is 6.29. The van der Waals surface area contributed by atoms with Gasteiger partial charge in [-0.2, -0.15) is 0 Å². The van der Waals surface area contributed by atoms with Crippen molar-refractivity contribution in [1.29, 1.82) is 0 Å². The van der Waals surface area contributed by atoms with Crippen LogP contribution < -0.4 is 4.90 Å². The summed E-state index contributed by atoms with van der Waals surface area (Å²) in [6, 6.07) is 14.0. The Bertz CT molecular complexity index is 1140. The van der Waals surface area contributed by atoms with Crippen molar-refractivity contribution in [2.24, 2.45) is 5.92 Å². The average Bonchev–Trinajstić information content (AvgIpc) is 3.24. The number of fused-ring (bicyclic) bond motifs is 3. The third kappa shape index (κ3) is 4.28. The summed E-state index contributed by atoms with van der Waals surface area (Å²) in [6.45, 7) is 13.9. The maximum atomic E-state index is 13.3. The van der Waals surface area contributed by atoms with Crippen molar-refractivity contribution < 1.29 is 9.53 Å². The van der Waals surface area contributed by atoms with Gasteiger partial charge in [-0.25, -0.2) is 4.79 Å². The molecule has 1 aliphatic rings. The molecular formula is C29H38N2O2. The second-order valence-corrected chi connectivity index (χ2v) is 11.2. The van der Waals surface area contributed by atoms with Crippen molar-refractivity contribution in [1.82, 2.24) is 4.98 Å². The number of esters is 1. The summed E-state index contributed by atoms with van der Waals surface area (Å²) in [5, 5.41) is 1.17. The van der Waals surface area contributed by atoms with Crippen LogP contribution in [0.25, 0.3) is 10.9 Å². The van der Waals surface area contributed by atoms with Crippen LogP contribution in [0, 0.1) is 5.92 Å². The number of nitrogens with one attached hydrogen (secondary N) is 1. The number of anilines is 1. The van der Waals surface area contributed by atoms with Gasteiger partial charge in [0.2, 0.25) is 0 Å². The molecule has 1 N–H and O–H groups in total. The lowest BCUT2D eigenvalue weighted by Crippen LogP contribution is -2.44. The van der Waals surface area contributed by atoms with E-state index in [9.17, 15) is 4.79 Å². The molecule has 4 heteroatoms. The molecular weight excluding hydrogens is 408 g/mol. The van der Waals surface area contributed by atoms with Gasteiger partial charge in [0.1, 0.15) is 12.6 Å². The van der Waals surface area contributed by atoms with Gasteiger partial charge in [0.15, 0.2) is 0 Å². The van der Waals surface area contributed by atoms with Crippen LogP contribution in [0.5, 0.6) is 0 Å². The number of aromatic amines is 1. The Kier molecular flexibility index (Phi) is 6.07. The summed E-state index contributed by atoms with van der Waals surface area (Å²) in [5.74, 6) is -0.0786. The van der Waals surface area contributed by atoms with Crippen LogP contribution >= 0.6 is 0 Å². The summed E-state index contributed by atoms with van der Waals surface area (Å²) in [6.07, 6.45) is 4.34. The molecule has 0 spiro atoms. The number of likely N-dealkylation sites (N-methyl/N-ethyl adjacent to an activating group) is 1. The Hall–Kier alpha value is -2.75. The number of rotatable bonds is 6. The molecule has 1 heterocycles. The largest absolute Gasteiger partial charge is 0.459 e. The topological polar surface area (TPSA) is 45.3 Å². The normalized spacial score (nSPS) is 17.6. The predicted octanol–water partition coefficient (Wildman–Crippen LogP) is 6.72. The van der Waals surface area contributed by atoms with Gasteiger partial charge in [0, 0.05) is 24.3 Å². The minimum absolute atomic E-state index is 0.0842. The molecule has 0 fully saturated rings. The average molecular weight is 447 g/mol. The van der Waals surface area contributed by atoms with Gasteiger partial charge in [-0.05, 0) is 58.4 Å². The van der Waals surface area contributed by atoms with E-state index in [0.29, 0.717) is 6.61 Å². The first-order valence-corrected chi connectivity index (χ1v) is 12.1. The molecule has 176 valence electrons. The molecule has 0 amide bonds. The Morgan fingerprint density at radius 2 is 1.73 bits per heavy atom. The predicted molar refractivity (Wildman–Crippen MR) is 137 cm³/mol. The molecule has 3 aromatic rings. The highest BCUT2D eigenvalue weighted by molar-refractivity contribution is 5.98. The lowest BCUT2D eigenvalue weighted by atomic mass is 9.62. The van der Waals surface area contributed by atoms with Crippen LogP contribution in [-0.2, 0) is 27.0 Å². The highest BCUT2D eigenvalue weighted by Gasteiger charge is 2.40. The van der Waals surface area contributed by atoms with Crippen molar-refractivity contribution in [2.45, 2.75) is 77.9 Å². The molecule has 1 atom stereocenters. The Morgan fingerprint density at radius 3 is 2.39 bits per heavy atom. The van der Waals surface area contributed by atoms with Crippen molar-refractivity contribution in [3.05, 3.63) is 65.4 Å². The monoisotopic (exact) mass is 446 g/mol. The number of hydrogen-bond donors (Lipinski definition) is 1. The molecule has 1 aromatic heterocycles. The Labute approximate surface area is 198 Å². The molecule has 0 aliphatic heterocycles. The fraction of sp³-hybridized carbons (Fsp3) is 0.483. The van der Waals surface area contributed by atoms with E-state index in [4.69, 9.17) is 4.74 Å². The molecule has 33 heavy (non-hydrogen) atoms. The van der Waals surface area contributed by atoms with E-state index in [1.54, 1.807) is 0 Å². The SMILES string of the molecule is CC(C)[C@@H](C(=O)OCc1ccccc1)N(C)c1cc2c(c3[nH]ccc13)C(C)(C)CCC2(C)C. The van der Waals surface area contributed by atoms with E-state index in [2.05, 4.69) is 63.6 Å². The summed E-state index contributed by atoms with van der Waals surface area (Å²) in [7, 11) is 2.03. The standard InChI is InChI=1S/C29H38N2O2/c1-19(2)26(27(32)33-18-20-11-9-8-10-12-20)31(7)23-17-22-24(25-21(23)13-16-30-25)29(5,6)15-14-28(22,3)4/h8-13,16-17,19,26,30H,14-15,18H2,1-7H3/t26-/m0/s1. The van der Waals surface area contributed by atoms with Crippen LogP contribution in [-0.4, -0.2) is 24.0 Å². The number of benzene rings is 2. The minimum Gasteiger partial charge on any atom is -0.459 e. The third-order valence-electron chi connectivity index (χ3n) is 7.50. The van der Waals surface area contributed by atoms with Crippen LogP contribution in [0.2, 0.25) is 0 Å². The van der Waals surface area contributed by atoms with E-state index in [0.717, 1.165) is 24.1 Å². The number of H-pyrrole nitrogens is 1. The maximum Gasteiger partial charge on any atom is 0.329 e. The van der Waals surface area contributed by atoms with Gasteiger partial charge in [-0.3, -0.25) is 0 Å². The van der Waals surface area contributed by atoms with Crippen LogP contribution in [0.3, 0.4) is 0 Å². The van der Waals surface area contributed by atoms with Gasteiger partial charge in [-0.15, -0.1) is 0 Å². The van der Waals surface area contributed by atoms with E-state index in [1.807, 2.05) is 43.6 Å². The summed E-state index contributed by atoms with van der Waals surface area (Å²) in [4.78, 5) is 19.0. The molecule has 0 unspecified atom stereocenters. The fourth-order valence-electron chi connectivity index (χ4n) is 5.47. The first-order valence-electron chi connectivity index (χ1n) is 12.1. The van der Waals surface area contributed by atoms with Crippen molar-refractivity contribution in [3.8, 4) is 0 Å². The second kappa shape index (κ2) is 8.55. The molecule has 0 saturated carbocycles. The number of carbonyl (C=O) groups is 1. The van der Waals surface area contributed by atoms with Crippen molar-refractivity contribution >= 4 is 22.6 Å². The zero-order valence-corrected chi connectivity index (χ0v) is 21.2. The highest BCUT2D eigenvalue weighted by atomic mass is 16.5. The van der Waals surface area contributed by atoms with Crippen LogP contribution in [0.1, 0.15) is 71.1 Å². The summed E-state index contributed by atoms with van der Waals surface area (Å²) < 4.78 is 5.79. The maximum absolute atomic E-state index is 13.3. The number of aromatic nitrogens is 1. The molecule has 4 rings (SSSR count). The molecule has 0 bridgehead atoms. The summed E-state index contributed by atoms with van der Waals surface area (Å²) >= 11 is 0. The number of nitrogens with zero attached hydrogens (tertiary/aromatic N) is 1. The number of carbonyl (C=O) groups excluding carboxylic acids is 1. The first-order chi connectivity index (χ1) is 15.5. The Balaban J connectivity index is 1.74. The van der Waals surface area contributed by atoms with Crippen molar-refractivity contribution in [3.63, 3.8) is 0 Å². The van der Waals surface area contributed by atoms with Crippen molar-refractivity contribution in [2.75, 3.05) is 11.9 Å². The van der Waals surface area contributed by atoms with Gasteiger partial charge in [0.05, 0.1) is 5.52 Å². The molecule has 2 aromatic carbocycles. The smallest absolute Gasteiger partial charge is 0.329 e. The lowest BCUT2D eigenvalue weighted by molar-refractivity contribution is -0.147. The van der Waals surface area contributed by atoms with E-state index < -0.39 is 0 Å². The number of ether oxygens (including phenoxy) is 1. The van der Waals surface area contributed by atoms with E-state index >= 15 is 0 Å². The van der Waals surface area contributed by atoms with E-state index in [1.165, 1.54) is 22.0 Å². The zero-order valence-electron chi connectivity index (χ0n) is 21.2. The van der Waals surface area contributed by atoms with Crippen LogP contribution in [0.4, 0.5) is 5.69 Å². The number of hydrogen-bond acceptors (Lipinski definition) is 3. The lowest BCUT2D eigenvalue weighted by Gasteiger charge is -2.43. The van der Waals surface area contributed by atoms with Gasteiger partial charge < -0.3 is 14.6 Å². The quantitative estimate of drug-likeness (QED) is 0.427. The highest BCUT2D eigenvalue weighted by Crippen LogP contribution is 2.50. The fourth-order valence-corrected chi connectivity index (χ4v) is 5.47. The van der Waals surface area contributed by atoms with Gasteiger partial charge in [0.25, 0.3) is 0 Å². The molecule has 0 saturated heterocycles. The first kappa shape index (κ1) is 23.4.